The van der Waals surface area contributed by atoms with Gasteiger partial charge in [0.2, 0.25) is 0 Å². The number of anilines is 1. The maximum Gasteiger partial charge on any atom is 0.322 e. The molecule has 1 aromatic rings. The molecule has 1 aliphatic rings. The molecule has 0 aromatic heterocycles. The van der Waals surface area contributed by atoms with Gasteiger partial charge in [-0.1, -0.05) is 17.7 Å². The molecule has 1 heterocycles. The molecule has 16 heavy (non-hydrogen) atoms. The van der Waals surface area contributed by atoms with Gasteiger partial charge in [-0.25, -0.2) is 13.6 Å². The molecule has 2 amide bonds. The topological polar surface area (TPSA) is 32.3 Å². The largest absolute Gasteiger partial charge is 0.335 e. The van der Waals surface area contributed by atoms with Gasteiger partial charge in [0.25, 0.3) is 6.43 Å². The Morgan fingerprint density at radius 2 is 2.00 bits per heavy atom. The third kappa shape index (κ3) is 1.85. The van der Waals surface area contributed by atoms with Crippen LogP contribution in [0.25, 0.3) is 0 Å². The number of nitrogens with one attached hydrogen (secondary N) is 1. The van der Waals surface area contributed by atoms with Crippen molar-refractivity contribution in [3.63, 3.8) is 0 Å². The minimum Gasteiger partial charge on any atom is -0.335 e. The van der Waals surface area contributed by atoms with E-state index in [1.165, 1.54) is 0 Å². The van der Waals surface area contributed by atoms with Gasteiger partial charge in [0, 0.05) is 12.2 Å². The fourth-order valence-corrected chi connectivity index (χ4v) is 1.73. The van der Waals surface area contributed by atoms with Crippen LogP contribution in [0.15, 0.2) is 24.3 Å². The van der Waals surface area contributed by atoms with Crippen LogP contribution in [0, 0.1) is 6.92 Å². The summed E-state index contributed by atoms with van der Waals surface area (Å²) < 4.78 is 25.4. The molecule has 1 fully saturated rings. The minimum atomic E-state index is -2.54. The normalized spacial score (nSPS) is 20.4. The third-order valence-electron chi connectivity index (χ3n) is 2.62. The number of hydrogen-bond acceptors (Lipinski definition) is 1. The number of benzene rings is 1. The lowest BCUT2D eigenvalue weighted by Gasteiger charge is -2.22. The zero-order chi connectivity index (χ0) is 11.7. The van der Waals surface area contributed by atoms with Crippen molar-refractivity contribution in [3.8, 4) is 0 Å². The van der Waals surface area contributed by atoms with Crippen LogP contribution < -0.4 is 10.2 Å². The summed E-state index contributed by atoms with van der Waals surface area (Å²) in [5.41, 5.74) is 1.53. The molecular formula is C11H12F2N2O. The fraction of sp³-hybridized carbons (Fsp3) is 0.364. The third-order valence-corrected chi connectivity index (χ3v) is 2.62. The van der Waals surface area contributed by atoms with E-state index in [0.29, 0.717) is 5.69 Å². The van der Waals surface area contributed by atoms with Crippen molar-refractivity contribution in [1.29, 1.82) is 0 Å². The Balaban J connectivity index is 2.30. The van der Waals surface area contributed by atoms with E-state index in [2.05, 4.69) is 5.32 Å². The predicted octanol–water partition coefficient (Wildman–Crippen LogP) is 2.16. The summed E-state index contributed by atoms with van der Waals surface area (Å²) in [6.07, 6.45) is -2.54. The fourth-order valence-electron chi connectivity index (χ4n) is 1.73. The first kappa shape index (κ1) is 10.9. The zero-order valence-corrected chi connectivity index (χ0v) is 8.78. The summed E-state index contributed by atoms with van der Waals surface area (Å²) >= 11 is 0. The van der Waals surface area contributed by atoms with Gasteiger partial charge in [0.05, 0.1) is 0 Å². The number of carbonyl (C=O) groups excluding carboxylic acids is 1. The smallest absolute Gasteiger partial charge is 0.322 e. The average molecular weight is 226 g/mol. The van der Waals surface area contributed by atoms with Crippen LogP contribution >= 0.6 is 0 Å². The molecule has 0 aliphatic carbocycles. The van der Waals surface area contributed by atoms with E-state index in [9.17, 15) is 13.6 Å². The molecular weight excluding hydrogens is 214 g/mol. The Labute approximate surface area is 92.1 Å². The molecule has 1 aliphatic heterocycles. The molecule has 0 saturated carbocycles. The highest BCUT2D eigenvalue weighted by Gasteiger charge is 2.37. The highest BCUT2D eigenvalue weighted by Crippen LogP contribution is 2.24. The molecule has 5 heteroatoms. The first-order valence-electron chi connectivity index (χ1n) is 5.01. The summed E-state index contributed by atoms with van der Waals surface area (Å²) in [5.74, 6) is 0. The molecule has 1 N–H and O–H groups in total. The maximum absolute atomic E-state index is 12.7. The van der Waals surface area contributed by atoms with Crippen LogP contribution in [-0.4, -0.2) is 25.0 Å². The van der Waals surface area contributed by atoms with Crippen molar-refractivity contribution in [2.75, 3.05) is 11.4 Å². The monoisotopic (exact) mass is 226 g/mol. The number of amides is 2. The Morgan fingerprint density at radius 3 is 2.56 bits per heavy atom. The van der Waals surface area contributed by atoms with Crippen LogP contribution in [0.5, 0.6) is 0 Å². The second kappa shape index (κ2) is 4.08. The molecule has 1 atom stereocenters. The molecule has 0 spiro atoms. The van der Waals surface area contributed by atoms with E-state index in [-0.39, 0.29) is 6.54 Å². The molecule has 86 valence electrons. The molecule has 0 bridgehead atoms. The summed E-state index contributed by atoms with van der Waals surface area (Å²) in [7, 11) is 0. The number of hydrogen-bond donors (Lipinski definition) is 1. The second-order valence-electron chi connectivity index (χ2n) is 3.79. The number of alkyl halides is 2. The number of rotatable bonds is 2. The van der Waals surface area contributed by atoms with Crippen LogP contribution in [0.4, 0.5) is 19.3 Å². The number of urea groups is 1. The quantitative estimate of drug-likeness (QED) is 0.823. The van der Waals surface area contributed by atoms with Crippen molar-refractivity contribution < 1.29 is 13.6 Å². The lowest BCUT2D eigenvalue weighted by Crippen LogP contribution is -2.38. The molecule has 0 radical (unpaired) electrons. The van der Waals surface area contributed by atoms with Gasteiger partial charge >= 0.3 is 6.03 Å². The summed E-state index contributed by atoms with van der Waals surface area (Å²) in [6.45, 7) is 1.89. The van der Waals surface area contributed by atoms with E-state index in [1.807, 2.05) is 6.92 Å². The van der Waals surface area contributed by atoms with Crippen LogP contribution in [0.3, 0.4) is 0 Å². The number of carbonyl (C=O) groups is 1. The Bertz CT molecular complexity index is 391. The van der Waals surface area contributed by atoms with Gasteiger partial charge in [-0.3, -0.25) is 4.90 Å². The van der Waals surface area contributed by atoms with E-state index in [1.54, 1.807) is 24.3 Å². The van der Waals surface area contributed by atoms with Crippen LogP contribution in [0.1, 0.15) is 5.56 Å². The van der Waals surface area contributed by atoms with Gasteiger partial charge in [-0.05, 0) is 19.1 Å². The molecule has 0 unspecified atom stereocenters. The number of halogens is 2. The van der Waals surface area contributed by atoms with Crippen molar-refractivity contribution in [1.82, 2.24) is 5.32 Å². The molecule has 1 aromatic carbocycles. The van der Waals surface area contributed by atoms with E-state index in [4.69, 9.17) is 0 Å². The maximum atomic E-state index is 12.7. The van der Waals surface area contributed by atoms with Gasteiger partial charge in [0.1, 0.15) is 6.04 Å². The highest BCUT2D eigenvalue weighted by atomic mass is 19.3. The lowest BCUT2D eigenvalue weighted by atomic mass is 10.2. The number of nitrogens with zero attached hydrogens (tertiary/aromatic N) is 1. The Kier molecular flexibility index (Phi) is 2.77. The first-order chi connectivity index (χ1) is 7.59. The summed E-state index contributed by atoms with van der Waals surface area (Å²) in [4.78, 5) is 12.6. The number of aryl methyl sites for hydroxylation is 1. The van der Waals surface area contributed by atoms with Crippen molar-refractivity contribution in [2.24, 2.45) is 0 Å². The first-order valence-corrected chi connectivity index (χ1v) is 5.01. The lowest BCUT2D eigenvalue weighted by molar-refractivity contribution is 0.122. The van der Waals surface area contributed by atoms with Crippen LogP contribution in [0.2, 0.25) is 0 Å². The van der Waals surface area contributed by atoms with Gasteiger partial charge < -0.3 is 5.32 Å². The minimum absolute atomic E-state index is 0.00955. The van der Waals surface area contributed by atoms with Crippen molar-refractivity contribution >= 4 is 11.7 Å². The second-order valence-corrected chi connectivity index (χ2v) is 3.79. The zero-order valence-electron chi connectivity index (χ0n) is 8.78. The summed E-state index contributed by atoms with van der Waals surface area (Å²) in [6, 6.07) is 5.40. The Morgan fingerprint density at radius 1 is 1.38 bits per heavy atom. The average Bonchev–Trinajstić information content (AvgIpc) is 2.62. The standard InChI is InChI=1S/C11H12F2N2O/c1-7-2-4-8(5-3-7)15-9(10(12)13)6-14-11(15)16/h2-5,9-10H,6H2,1H3,(H,14,16)/t9-/m0/s1. The van der Waals surface area contributed by atoms with Gasteiger partial charge in [-0.15, -0.1) is 0 Å². The van der Waals surface area contributed by atoms with Gasteiger partial charge in [-0.2, -0.15) is 0 Å². The SMILES string of the molecule is Cc1ccc(N2C(=O)NC[C@H]2C(F)F)cc1. The Hall–Kier alpha value is -1.65. The van der Waals surface area contributed by atoms with Gasteiger partial charge in [0.15, 0.2) is 0 Å². The molecule has 2 rings (SSSR count). The van der Waals surface area contributed by atoms with E-state index in [0.717, 1.165) is 10.5 Å². The van der Waals surface area contributed by atoms with E-state index < -0.39 is 18.5 Å². The van der Waals surface area contributed by atoms with Crippen molar-refractivity contribution in [3.05, 3.63) is 29.8 Å². The van der Waals surface area contributed by atoms with Crippen molar-refractivity contribution in [2.45, 2.75) is 19.4 Å². The molecule has 1 saturated heterocycles. The molecule has 3 nitrogen and oxygen atoms in total. The van der Waals surface area contributed by atoms with Crippen LogP contribution in [-0.2, 0) is 0 Å². The van der Waals surface area contributed by atoms with E-state index >= 15 is 0 Å². The predicted molar refractivity (Wildman–Crippen MR) is 56.8 cm³/mol. The summed E-state index contributed by atoms with van der Waals surface area (Å²) in [5, 5.41) is 2.42. The highest BCUT2D eigenvalue weighted by molar-refractivity contribution is 5.95.